The van der Waals surface area contributed by atoms with Gasteiger partial charge >= 0.3 is 5.97 Å². The van der Waals surface area contributed by atoms with Crippen LogP contribution in [0.4, 0.5) is 20.2 Å². The van der Waals surface area contributed by atoms with E-state index < -0.39 is 35.5 Å². The Morgan fingerprint density at radius 1 is 0.967 bits per heavy atom. The summed E-state index contributed by atoms with van der Waals surface area (Å²) >= 11 is 0. The molecule has 0 aliphatic carbocycles. The average Bonchev–Trinajstić information content (AvgIpc) is 3.25. The van der Waals surface area contributed by atoms with Crippen LogP contribution in [0.25, 0.3) is 0 Å². The minimum Gasteiger partial charge on any atom is -0.459 e. The van der Waals surface area contributed by atoms with Crippen LogP contribution in [0.1, 0.15) is 27.8 Å². The first-order valence-electron chi connectivity index (χ1n) is 8.76. The van der Waals surface area contributed by atoms with Gasteiger partial charge in [0.05, 0.1) is 23.2 Å². The molecule has 9 heteroatoms. The monoisotopic (exact) mass is 414 g/mol. The number of benzene rings is 2. The standard InChI is InChI=1S/C21H16F2N2O5/c1-12(19(26)25-17-9-8-13(22)11-15(17)23)30-21(28)14-5-2-3-6-16(14)24-20(27)18-7-4-10-29-18/h2-12H,1H3,(H,24,27)(H,25,26)/t12-/m1/s1. The van der Waals surface area contributed by atoms with Crippen LogP contribution in [-0.2, 0) is 9.53 Å². The molecule has 30 heavy (non-hydrogen) atoms. The number of anilines is 2. The number of ether oxygens (including phenoxy) is 1. The number of esters is 1. The molecule has 0 bridgehead atoms. The molecule has 2 amide bonds. The first kappa shape index (κ1) is 20.7. The number of nitrogens with one attached hydrogen (secondary N) is 2. The molecule has 1 heterocycles. The van der Waals surface area contributed by atoms with Crippen molar-refractivity contribution in [2.24, 2.45) is 0 Å². The molecule has 1 atom stereocenters. The third-order valence-electron chi connectivity index (χ3n) is 3.98. The number of para-hydroxylation sites is 1. The second-order valence-electron chi connectivity index (χ2n) is 6.14. The summed E-state index contributed by atoms with van der Waals surface area (Å²) in [6.07, 6.45) is 0.0371. The van der Waals surface area contributed by atoms with Gasteiger partial charge in [0.1, 0.15) is 11.6 Å². The van der Waals surface area contributed by atoms with E-state index in [0.29, 0.717) is 6.07 Å². The third kappa shape index (κ3) is 4.88. The highest BCUT2D eigenvalue weighted by Gasteiger charge is 2.22. The number of furan rings is 1. The summed E-state index contributed by atoms with van der Waals surface area (Å²) < 4.78 is 36.8. The fourth-order valence-electron chi connectivity index (χ4n) is 2.46. The van der Waals surface area contributed by atoms with Gasteiger partial charge < -0.3 is 19.8 Å². The van der Waals surface area contributed by atoms with E-state index in [0.717, 1.165) is 12.1 Å². The van der Waals surface area contributed by atoms with Gasteiger partial charge in [0, 0.05) is 6.07 Å². The number of hydrogen-bond donors (Lipinski definition) is 2. The van der Waals surface area contributed by atoms with Crippen LogP contribution in [0.15, 0.2) is 65.3 Å². The number of halogens is 2. The average molecular weight is 414 g/mol. The predicted octanol–water partition coefficient (Wildman–Crippen LogP) is 3.99. The van der Waals surface area contributed by atoms with Gasteiger partial charge in [-0.15, -0.1) is 0 Å². The molecule has 0 aliphatic heterocycles. The predicted molar refractivity (Wildman–Crippen MR) is 103 cm³/mol. The summed E-state index contributed by atoms with van der Waals surface area (Å²) in [5.41, 5.74) is -0.0958. The lowest BCUT2D eigenvalue weighted by Gasteiger charge is -2.15. The quantitative estimate of drug-likeness (QED) is 0.595. The number of carbonyl (C=O) groups is 3. The van der Waals surface area contributed by atoms with Gasteiger partial charge in [-0.05, 0) is 43.3 Å². The highest BCUT2D eigenvalue weighted by atomic mass is 19.1. The topological polar surface area (TPSA) is 97.6 Å². The van der Waals surface area contributed by atoms with Gasteiger partial charge in [-0.1, -0.05) is 12.1 Å². The molecule has 0 aliphatic rings. The first-order chi connectivity index (χ1) is 14.3. The molecule has 3 rings (SSSR count). The van der Waals surface area contributed by atoms with Gasteiger partial charge in [-0.2, -0.15) is 0 Å². The summed E-state index contributed by atoms with van der Waals surface area (Å²) in [7, 11) is 0. The van der Waals surface area contributed by atoms with E-state index >= 15 is 0 Å². The number of carbonyl (C=O) groups excluding carboxylic acids is 3. The Kier molecular flexibility index (Phi) is 6.21. The Morgan fingerprint density at radius 2 is 1.73 bits per heavy atom. The number of rotatable bonds is 6. The van der Waals surface area contributed by atoms with Crippen molar-refractivity contribution >= 4 is 29.2 Å². The molecule has 0 spiro atoms. The van der Waals surface area contributed by atoms with Crippen LogP contribution < -0.4 is 10.6 Å². The molecule has 0 fully saturated rings. The molecule has 0 radical (unpaired) electrons. The van der Waals surface area contributed by atoms with Crippen molar-refractivity contribution in [2.45, 2.75) is 13.0 Å². The number of hydrogen-bond acceptors (Lipinski definition) is 5. The van der Waals surface area contributed by atoms with E-state index in [9.17, 15) is 23.2 Å². The summed E-state index contributed by atoms with van der Waals surface area (Å²) in [5.74, 6) is -3.98. The Labute approximate surface area is 169 Å². The summed E-state index contributed by atoms with van der Waals surface area (Å²) in [4.78, 5) is 36.9. The van der Waals surface area contributed by atoms with Crippen molar-refractivity contribution in [3.63, 3.8) is 0 Å². The molecule has 2 aromatic carbocycles. The molecule has 0 saturated heterocycles. The Balaban J connectivity index is 1.68. The minimum atomic E-state index is -1.30. The molecule has 3 aromatic rings. The maximum Gasteiger partial charge on any atom is 0.341 e. The van der Waals surface area contributed by atoms with Gasteiger partial charge in [0.25, 0.3) is 11.8 Å². The number of amides is 2. The third-order valence-corrected chi connectivity index (χ3v) is 3.98. The highest BCUT2D eigenvalue weighted by molar-refractivity contribution is 6.07. The molecule has 7 nitrogen and oxygen atoms in total. The normalized spacial score (nSPS) is 11.4. The lowest BCUT2D eigenvalue weighted by atomic mass is 10.1. The van der Waals surface area contributed by atoms with E-state index in [-0.39, 0.29) is 22.7 Å². The van der Waals surface area contributed by atoms with Crippen LogP contribution in [0, 0.1) is 11.6 Å². The van der Waals surface area contributed by atoms with Crippen molar-refractivity contribution in [1.82, 2.24) is 0 Å². The van der Waals surface area contributed by atoms with Crippen LogP contribution >= 0.6 is 0 Å². The van der Waals surface area contributed by atoms with Crippen LogP contribution in [0.3, 0.4) is 0 Å². The maximum absolute atomic E-state index is 13.7. The molecule has 1 aromatic heterocycles. The van der Waals surface area contributed by atoms with E-state index in [1.54, 1.807) is 18.2 Å². The van der Waals surface area contributed by atoms with Gasteiger partial charge in [0.15, 0.2) is 11.9 Å². The fourth-order valence-corrected chi connectivity index (χ4v) is 2.46. The Hall–Kier alpha value is -4.01. The van der Waals surface area contributed by atoms with Crippen LogP contribution in [0.2, 0.25) is 0 Å². The fraction of sp³-hybridized carbons (Fsp3) is 0.0952. The van der Waals surface area contributed by atoms with Gasteiger partial charge in [0.2, 0.25) is 0 Å². The summed E-state index contributed by atoms with van der Waals surface area (Å²) in [6, 6.07) is 11.7. The molecule has 2 N–H and O–H groups in total. The zero-order valence-electron chi connectivity index (χ0n) is 15.6. The maximum atomic E-state index is 13.7. The van der Waals surface area contributed by atoms with E-state index in [4.69, 9.17) is 9.15 Å². The zero-order valence-corrected chi connectivity index (χ0v) is 15.6. The van der Waals surface area contributed by atoms with Crippen molar-refractivity contribution < 1.29 is 32.3 Å². The smallest absolute Gasteiger partial charge is 0.341 e. The largest absolute Gasteiger partial charge is 0.459 e. The minimum absolute atomic E-state index is 0.00465. The molecule has 0 saturated carbocycles. The second-order valence-corrected chi connectivity index (χ2v) is 6.14. The molecule has 0 unspecified atom stereocenters. The molecule has 154 valence electrons. The van der Waals surface area contributed by atoms with E-state index in [1.807, 2.05) is 0 Å². The summed E-state index contributed by atoms with van der Waals surface area (Å²) in [5, 5.41) is 4.75. The molecular formula is C21H16F2N2O5. The van der Waals surface area contributed by atoms with Crippen molar-refractivity contribution in [3.8, 4) is 0 Å². The Bertz CT molecular complexity index is 1080. The highest BCUT2D eigenvalue weighted by Crippen LogP contribution is 2.19. The van der Waals surface area contributed by atoms with Crippen molar-refractivity contribution in [2.75, 3.05) is 10.6 Å². The lowest BCUT2D eigenvalue weighted by Crippen LogP contribution is -2.30. The summed E-state index contributed by atoms with van der Waals surface area (Å²) in [6.45, 7) is 1.29. The lowest BCUT2D eigenvalue weighted by molar-refractivity contribution is -0.123. The van der Waals surface area contributed by atoms with Crippen molar-refractivity contribution in [3.05, 3.63) is 83.8 Å². The Morgan fingerprint density at radius 3 is 2.43 bits per heavy atom. The SMILES string of the molecule is C[C@@H](OC(=O)c1ccccc1NC(=O)c1ccco1)C(=O)Nc1ccc(F)cc1F. The van der Waals surface area contributed by atoms with Gasteiger partial charge in [-0.3, -0.25) is 9.59 Å². The van der Waals surface area contributed by atoms with E-state index in [2.05, 4.69) is 10.6 Å². The zero-order chi connectivity index (χ0) is 21.7. The first-order valence-corrected chi connectivity index (χ1v) is 8.76. The van der Waals surface area contributed by atoms with E-state index in [1.165, 1.54) is 31.4 Å². The van der Waals surface area contributed by atoms with Crippen molar-refractivity contribution in [1.29, 1.82) is 0 Å². The van der Waals surface area contributed by atoms with Crippen LogP contribution in [0.5, 0.6) is 0 Å². The van der Waals surface area contributed by atoms with Crippen LogP contribution in [-0.4, -0.2) is 23.9 Å². The second kappa shape index (κ2) is 8.99. The molecular weight excluding hydrogens is 398 g/mol. The van der Waals surface area contributed by atoms with Gasteiger partial charge in [-0.25, -0.2) is 13.6 Å².